The van der Waals surface area contributed by atoms with Crippen molar-refractivity contribution in [2.75, 3.05) is 5.73 Å². The van der Waals surface area contributed by atoms with E-state index in [9.17, 15) is 0 Å². The Balaban J connectivity index is 2.59. The summed E-state index contributed by atoms with van der Waals surface area (Å²) in [5.41, 5.74) is 7.43. The third kappa shape index (κ3) is 1.87. The number of nitrogens with zero attached hydrogens (tertiary/aromatic N) is 2. The van der Waals surface area contributed by atoms with Crippen molar-refractivity contribution in [1.29, 1.82) is 0 Å². The SMILES string of the molecule is Cn1cnc(-c2ccc(Br)cc2Cl)c1N. The van der Waals surface area contributed by atoms with Crippen LogP contribution in [0.25, 0.3) is 11.3 Å². The van der Waals surface area contributed by atoms with Gasteiger partial charge in [0.1, 0.15) is 11.5 Å². The maximum absolute atomic E-state index is 6.11. The molecule has 0 saturated carbocycles. The molecule has 3 nitrogen and oxygen atoms in total. The van der Waals surface area contributed by atoms with Crippen LogP contribution >= 0.6 is 27.5 Å². The molecular weight excluding hydrogens is 277 g/mol. The van der Waals surface area contributed by atoms with E-state index in [4.69, 9.17) is 17.3 Å². The van der Waals surface area contributed by atoms with Crippen molar-refractivity contribution in [3.63, 3.8) is 0 Å². The molecule has 1 heterocycles. The lowest BCUT2D eigenvalue weighted by atomic mass is 10.1. The summed E-state index contributed by atoms with van der Waals surface area (Å²) in [4.78, 5) is 4.21. The second-order valence-electron chi connectivity index (χ2n) is 3.21. The van der Waals surface area contributed by atoms with Crippen LogP contribution in [0.1, 0.15) is 0 Å². The summed E-state index contributed by atoms with van der Waals surface area (Å²) in [6.07, 6.45) is 1.67. The Kier molecular flexibility index (Phi) is 2.71. The van der Waals surface area contributed by atoms with Gasteiger partial charge >= 0.3 is 0 Å². The summed E-state index contributed by atoms with van der Waals surface area (Å²) in [6.45, 7) is 0. The number of imidazole rings is 1. The van der Waals surface area contributed by atoms with Gasteiger partial charge in [-0.1, -0.05) is 33.6 Å². The molecule has 0 amide bonds. The lowest BCUT2D eigenvalue weighted by molar-refractivity contribution is 0.925. The van der Waals surface area contributed by atoms with Gasteiger partial charge in [-0.05, 0) is 12.1 Å². The van der Waals surface area contributed by atoms with Crippen LogP contribution in [0.4, 0.5) is 5.82 Å². The highest BCUT2D eigenvalue weighted by molar-refractivity contribution is 9.10. The van der Waals surface area contributed by atoms with Crippen molar-refractivity contribution < 1.29 is 0 Å². The molecule has 2 aromatic rings. The summed E-state index contributed by atoms with van der Waals surface area (Å²) >= 11 is 9.46. The Morgan fingerprint density at radius 3 is 2.73 bits per heavy atom. The average Bonchev–Trinajstić information content (AvgIpc) is 2.49. The van der Waals surface area contributed by atoms with Gasteiger partial charge in [-0.25, -0.2) is 4.98 Å². The van der Waals surface area contributed by atoms with Gasteiger partial charge in [-0.15, -0.1) is 0 Å². The molecule has 0 aliphatic carbocycles. The summed E-state index contributed by atoms with van der Waals surface area (Å²) in [6, 6.07) is 5.63. The van der Waals surface area contributed by atoms with Crippen LogP contribution in [0.2, 0.25) is 5.02 Å². The lowest BCUT2D eigenvalue weighted by Gasteiger charge is -2.03. The number of aromatic nitrogens is 2. The van der Waals surface area contributed by atoms with E-state index in [0.29, 0.717) is 10.8 Å². The fourth-order valence-electron chi connectivity index (χ4n) is 1.33. The zero-order valence-corrected chi connectivity index (χ0v) is 10.4. The first-order valence-electron chi connectivity index (χ1n) is 4.32. The molecule has 5 heteroatoms. The Morgan fingerprint density at radius 1 is 1.47 bits per heavy atom. The summed E-state index contributed by atoms with van der Waals surface area (Å²) < 4.78 is 2.69. The molecular formula is C10H9BrClN3. The second kappa shape index (κ2) is 3.87. The van der Waals surface area contributed by atoms with Gasteiger partial charge in [0, 0.05) is 17.1 Å². The third-order valence-electron chi connectivity index (χ3n) is 2.17. The number of halogens is 2. The number of aryl methyl sites for hydroxylation is 1. The molecule has 2 rings (SSSR count). The van der Waals surface area contributed by atoms with Crippen molar-refractivity contribution in [2.45, 2.75) is 0 Å². The van der Waals surface area contributed by atoms with E-state index in [0.717, 1.165) is 15.7 Å². The molecule has 0 spiro atoms. The molecule has 0 unspecified atom stereocenters. The summed E-state index contributed by atoms with van der Waals surface area (Å²) in [5.74, 6) is 0.610. The number of anilines is 1. The first-order valence-corrected chi connectivity index (χ1v) is 5.49. The molecule has 15 heavy (non-hydrogen) atoms. The van der Waals surface area contributed by atoms with Gasteiger partial charge < -0.3 is 10.3 Å². The second-order valence-corrected chi connectivity index (χ2v) is 4.54. The van der Waals surface area contributed by atoms with Crippen LogP contribution in [0.5, 0.6) is 0 Å². The van der Waals surface area contributed by atoms with Crippen molar-refractivity contribution >= 4 is 33.3 Å². The summed E-state index contributed by atoms with van der Waals surface area (Å²) in [5, 5.41) is 0.634. The largest absolute Gasteiger partial charge is 0.383 e. The smallest absolute Gasteiger partial charge is 0.131 e. The van der Waals surface area contributed by atoms with Crippen molar-refractivity contribution in [2.24, 2.45) is 7.05 Å². The fourth-order valence-corrected chi connectivity index (χ4v) is 2.09. The van der Waals surface area contributed by atoms with Crippen LogP contribution in [0.15, 0.2) is 29.0 Å². The van der Waals surface area contributed by atoms with Crippen molar-refractivity contribution in [3.05, 3.63) is 34.0 Å². The predicted molar refractivity (Wildman–Crippen MR) is 65.8 cm³/mol. The monoisotopic (exact) mass is 285 g/mol. The maximum atomic E-state index is 6.11. The van der Waals surface area contributed by atoms with Crippen molar-refractivity contribution in [3.8, 4) is 11.3 Å². The number of nitrogens with two attached hydrogens (primary N) is 1. The number of hydrogen-bond donors (Lipinski definition) is 1. The van der Waals surface area contributed by atoms with Crippen LogP contribution < -0.4 is 5.73 Å². The van der Waals surface area contributed by atoms with Crippen LogP contribution in [0.3, 0.4) is 0 Å². The Labute approximate surface area is 101 Å². The highest BCUT2D eigenvalue weighted by Crippen LogP contribution is 2.32. The maximum Gasteiger partial charge on any atom is 0.131 e. The van der Waals surface area contributed by atoms with Crippen molar-refractivity contribution in [1.82, 2.24) is 9.55 Å². The van der Waals surface area contributed by atoms with Gasteiger partial charge in [-0.2, -0.15) is 0 Å². The van der Waals surface area contributed by atoms with Gasteiger partial charge in [0.15, 0.2) is 0 Å². The zero-order valence-electron chi connectivity index (χ0n) is 8.04. The topological polar surface area (TPSA) is 43.8 Å². The minimum atomic E-state index is 0.610. The van der Waals surface area contributed by atoms with E-state index >= 15 is 0 Å². The van der Waals surface area contributed by atoms with E-state index in [1.165, 1.54) is 0 Å². The van der Waals surface area contributed by atoms with Gasteiger partial charge in [0.25, 0.3) is 0 Å². The standard InChI is InChI=1S/C10H9BrClN3/c1-15-5-14-9(10(15)13)7-3-2-6(11)4-8(7)12/h2-5H,13H2,1H3. The Bertz CT molecular complexity index is 507. The van der Waals surface area contributed by atoms with Gasteiger partial charge in [0.05, 0.1) is 11.3 Å². The number of nitrogen functional groups attached to an aromatic ring is 1. The molecule has 1 aromatic carbocycles. The van der Waals surface area contributed by atoms with Gasteiger partial charge in [0.2, 0.25) is 0 Å². The molecule has 78 valence electrons. The highest BCUT2D eigenvalue weighted by Gasteiger charge is 2.11. The number of hydrogen-bond acceptors (Lipinski definition) is 2. The van der Waals surface area contributed by atoms with E-state index in [1.807, 2.05) is 25.2 Å². The molecule has 2 N–H and O–H groups in total. The van der Waals surface area contributed by atoms with E-state index in [-0.39, 0.29) is 0 Å². The highest BCUT2D eigenvalue weighted by atomic mass is 79.9. The predicted octanol–water partition coefficient (Wildman–Crippen LogP) is 3.09. The minimum Gasteiger partial charge on any atom is -0.383 e. The van der Waals surface area contributed by atoms with Crippen LogP contribution in [-0.4, -0.2) is 9.55 Å². The van der Waals surface area contributed by atoms with E-state index < -0.39 is 0 Å². The van der Waals surface area contributed by atoms with E-state index in [1.54, 1.807) is 10.9 Å². The quantitative estimate of drug-likeness (QED) is 0.875. The molecule has 0 bridgehead atoms. The van der Waals surface area contributed by atoms with Gasteiger partial charge in [-0.3, -0.25) is 0 Å². The Morgan fingerprint density at radius 2 is 2.20 bits per heavy atom. The molecule has 0 fully saturated rings. The normalized spacial score (nSPS) is 10.6. The first-order chi connectivity index (χ1) is 7.09. The summed E-state index contributed by atoms with van der Waals surface area (Å²) in [7, 11) is 1.85. The molecule has 0 aliphatic rings. The Hall–Kier alpha value is -1.00. The fraction of sp³-hybridized carbons (Fsp3) is 0.100. The van der Waals surface area contributed by atoms with Crippen LogP contribution in [0, 0.1) is 0 Å². The third-order valence-corrected chi connectivity index (χ3v) is 2.97. The number of rotatable bonds is 1. The first kappa shape index (κ1) is 10.5. The van der Waals surface area contributed by atoms with Crippen LogP contribution in [-0.2, 0) is 7.05 Å². The average molecular weight is 287 g/mol. The van der Waals surface area contributed by atoms with E-state index in [2.05, 4.69) is 20.9 Å². The molecule has 0 aliphatic heterocycles. The zero-order chi connectivity index (χ0) is 11.0. The lowest BCUT2D eigenvalue weighted by Crippen LogP contribution is -1.96. The molecule has 0 saturated heterocycles. The number of benzene rings is 1. The molecule has 0 radical (unpaired) electrons. The molecule has 1 aromatic heterocycles. The molecule has 0 atom stereocenters. The minimum absolute atomic E-state index is 0.610.